The zero-order chi connectivity index (χ0) is 7.40. The van der Waals surface area contributed by atoms with Crippen LogP contribution in [0.1, 0.15) is 26.2 Å². The summed E-state index contributed by atoms with van der Waals surface area (Å²) in [5.41, 5.74) is 0. The molecule has 1 unspecified atom stereocenters. The first-order valence-electron chi connectivity index (χ1n) is 4.23. The standard InChI is InChI=1S/C8H17NO/c1-2-3-5-9-6-4-8(9)7-10/h8,10H,2-7H2,1H3. The average molecular weight is 143 g/mol. The molecule has 0 radical (unpaired) electrons. The highest BCUT2D eigenvalue weighted by Crippen LogP contribution is 2.16. The van der Waals surface area contributed by atoms with Gasteiger partial charge in [0.1, 0.15) is 0 Å². The molecule has 0 aliphatic carbocycles. The van der Waals surface area contributed by atoms with Crippen LogP contribution >= 0.6 is 0 Å². The first kappa shape index (κ1) is 8.02. The van der Waals surface area contributed by atoms with Crippen molar-refractivity contribution >= 4 is 0 Å². The quantitative estimate of drug-likeness (QED) is 0.630. The lowest BCUT2D eigenvalue weighted by atomic mass is 10.0. The van der Waals surface area contributed by atoms with Crippen LogP contribution in [0.25, 0.3) is 0 Å². The van der Waals surface area contributed by atoms with Gasteiger partial charge in [0.25, 0.3) is 0 Å². The van der Waals surface area contributed by atoms with Crippen LogP contribution in [0.5, 0.6) is 0 Å². The van der Waals surface area contributed by atoms with Gasteiger partial charge in [0, 0.05) is 12.6 Å². The average Bonchev–Trinajstić information content (AvgIpc) is 1.88. The molecule has 0 aromatic rings. The molecule has 60 valence electrons. The Balaban J connectivity index is 2.05. The second-order valence-electron chi connectivity index (χ2n) is 3.01. The molecule has 0 aromatic heterocycles. The zero-order valence-electron chi connectivity index (χ0n) is 6.71. The predicted octanol–water partition coefficient (Wildman–Crippen LogP) is 0.853. The number of aliphatic hydroxyl groups is 1. The Labute approximate surface area is 62.8 Å². The molecule has 1 N–H and O–H groups in total. The maximum Gasteiger partial charge on any atom is 0.0587 e. The van der Waals surface area contributed by atoms with E-state index in [4.69, 9.17) is 5.11 Å². The van der Waals surface area contributed by atoms with Crippen LogP contribution in [0.4, 0.5) is 0 Å². The maximum absolute atomic E-state index is 8.81. The topological polar surface area (TPSA) is 23.5 Å². The van der Waals surface area contributed by atoms with E-state index in [0.29, 0.717) is 12.6 Å². The summed E-state index contributed by atoms with van der Waals surface area (Å²) < 4.78 is 0. The van der Waals surface area contributed by atoms with Crippen LogP contribution in [0.3, 0.4) is 0 Å². The third-order valence-electron chi connectivity index (χ3n) is 2.28. The Morgan fingerprint density at radius 2 is 2.40 bits per heavy atom. The van der Waals surface area contributed by atoms with Crippen LogP contribution in [0.15, 0.2) is 0 Å². The number of rotatable bonds is 4. The van der Waals surface area contributed by atoms with Crippen molar-refractivity contribution in [3.63, 3.8) is 0 Å². The molecular weight excluding hydrogens is 126 g/mol. The van der Waals surface area contributed by atoms with E-state index in [1.54, 1.807) is 0 Å². The first-order chi connectivity index (χ1) is 4.88. The second-order valence-corrected chi connectivity index (χ2v) is 3.01. The molecule has 1 aliphatic rings. The third-order valence-corrected chi connectivity index (χ3v) is 2.28. The van der Waals surface area contributed by atoms with Crippen molar-refractivity contribution in [2.45, 2.75) is 32.2 Å². The van der Waals surface area contributed by atoms with Gasteiger partial charge in [0.15, 0.2) is 0 Å². The van der Waals surface area contributed by atoms with Crippen molar-refractivity contribution in [1.29, 1.82) is 0 Å². The highest BCUT2D eigenvalue weighted by Gasteiger charge is 2.25. The number of aliphatic hydroxyl groups excluding tert-OH is 1. The van der Waals surface area contributed by atoms with Crippen LogP contribution < -0.4 is 0 Å². The molecule has 1 heterocycles. The Bertz CT molecular complexity index is 93.3. The third kappa shape index (κ3) is 1.70. The van der Waals surface area contributed by atoms with E-state index in [9.17, 15) is 0 Å². The van der Waals surface area contributed by atoms with Gasteiger partial charge in [-0.25, -0.2) is 0 Å². The van der Waals surface area contributed by atoms with Crippen LogP contribution in [0.2, 0.25) is 0 Å². The summed E-state index contributed by atoms with van der Waals surface area (Å²) in [7, 11) is 0. The number of hydrogen-bond donors (Lipinski definition) is 1. The smallest absolute Gasteiger partial charge is 0.0587 e. The van der Waals surface area contributed by atoms with Gasteiger partial charge in [-0.1, -0.05) is 13.3 Å². The van der Waals surface area contributed by atoms with E-state index in [1.807, 2.05) is 0 Å². The van der Waals surface area contributed by atoms with E-state index >= 15 is 0 Å². The number of likely N-dealkylation sites (tertiary alicyclic amines) is 1. The highest BCUT2D eigenvalue weighted by molar-refractivity contribution is 4.81. The summed E-state index contributed by atoms with van der Waals surface area (Å²) in [6.45, 7) is 4.93. The largest absolute Gasteiger partial charge is 0.395 e. The summed E-state index contributed by atoms with van der Waals surface area (Å²) >= 11 is 0. The van der Waals surface area contributed by atoms with Crippen LogP contribution in [-0.4, -0.2) is 35.7 Å². The summed E-state index contributed by atoms with van der Waals surface area (Å²) in [4.78, 5) is 2.36. The number of nitrogens with zero attached hydrogens (tertiary/aromatic N) is 1. The number of unbranched alkanes of at least 4 members (excludes halogenated alkanes) is 1. The van der Waals surface area contributed by atoms with Gasteiger partial charge in [-0.2, -0.15) is 0 Å². The van der Waals surface area contributed by atoms with E-state index in [-0.39, 0.29) is 0 Å². The molecule has 0 bridgehead atoms. The van der Waals surface area contributed by atoms with Crippen molar-refractivity contribution in [2.75, 3.05) is 19.7 Å². The fourth-order valence-electron chi connectivity index (χ4n) is 1.36. The molecule has 0 saturated carbocycles. The van der Waals surface area contributed by atoms with Gasteiger partial charge in [-0.15, -0.1) is 0 Å². The Morgan fingerprint density at radius 1 is 1.60 bits per heavy atom. The molecule has 1 fully saturated rings. The van der Waals surface area contributed by atoms with Crippen molar-refractivity contribution < 1.29 is 5.11 Å². The molecule has 0 spiro atoms. The molecule has 1 aliphatic heterocycles. The molecule has 0 amide bonds. The number of hydrogen-bond acceptors (Lipinski definition) is 2. The molecule has 1 rings (SSSR count). The minimum Gasteiger partial charge on any atom is -0.395 e. The van der Waals surface area contributed by atoms with E-state index < -0.39 is 0 Å². The van der Waals surface area contributed by atoms with Crippen LogP contribution in [-0.2, 0) is 0 Å². The summed E-state index contributed by atoms with van der Waals surface area (Å²) in [5.74, 6) is 0. The van der Waals surface area contributed by atoms with E-state index in [2.05, 4.69) is 11.8 Å². The molecular formula is C8H17NO. The second kappa shape index (κ2) is 3.94. The molecule has 2 nitrogen and oxygen atoms in total. The molecule has 0 aromatic carbocycles. The zero-order valence-corrected chi connectivity index (χ0v) is 6.71. The Morgan fingerprint density at radius 3 is 2.80 bits per heavy atom. The van der Waals surface area contributed by atoms with Crippen molar-refractivity contribution in [2.24, 2.45) is 0 Å². The first-order valence-corrected chi connectivity index (χ1v) is 4.23. The van der Waals surface area contributed by atoms with Crippen molar-refractivity contribution in [1.82, 2.24) is 4.90 Å². The molecule has 10 heavy (non-hydrogen) atoms. The lowest BCUT2D eigenvalue weighted by Crippen LogP contribution is -2.49. The minimum absolute atomic E-state index is 0.351. The molecule has 1 atom stereocenters. The summed E-state index contributed by atoms with van der Waals surface area (Å²) in [6.07, 6.45) is 3.73. The van der Waals surface area contributed by atoms with Crippen molar-refractivity contribution in [3.05, 3.63) is 0 Å². The minimum atomic E-state index is 0.351. The van der Waals surface area contributed by atoms with Gasteiger partial charge in [0.05, 0.1) is 6.61 Å². The maximum atomic E-state index is 8.81. The van der Waals surface area contributed by atoms with E-state index in [0.717, 1.165) is 0 Å². The van der Waals surface area contributed by atoms with Crippen LogP contribution in [0, 0.1) is 0 Å². The van der Waals surface area contributed by atoms with Gasteiger partial charge in [-0.3, -0.25) is 4.90 Å². The Hall–Kier alpha value is -0.0800. The predicted molar refractivity (Wildman–Crippen MR) is 42.0 cm³/mol. The lowest BCUT2D eigenvalue weighted by Gasteiger charge is -2.39. The van der Waals surface area contributed by atoms with Crippen molar-refractivity contribution in [3.8, 4) is 0 Å². The van der Waals surface area contributed by atoms with Gasteiger partial charge < -0.3 is 5.11 Å². The normalized spacial score (nSPS) is 26.4. The SMILES string of the molecule is CCCCN1CCC1CO. The Kier molecular flexibility index (Phi) is 3.16. The monoisotopic (exact) mass is 143 g/mol. The molecule has 1 saturated heterocycles. The molecule has 2 heteroatoms. The lowest BCUT2D eigenvalue weighted by molar-refractivity contribution is 0.0415. The van der Waals surface area contributed by atoms with Gasteiger partial charge >= 0.3 is 0 Å². The fraction of sp³-hybridized carbons (Fsp3) is 1.00. The van der Waals surface area contributed by atoms with Gasteiger partial charge in [-0.05, 0) is 19.4 Å². The summed E-state index contributed by atoms with van der Waals surface area (Å²) in [5, 5.41) is 8.81. The summed E-state index contributed by atoms with van der Waals surface area (Å²) in [6, 6.07) is 0.492. The van der Waals surface area contributed by atoms with E-state index in [1.165, 1.54) is 32.4 Å². The highest BCUT2D eigenvalue weighted by atomic mass is 16.3. The fourth-order valence-corrected chi connectivity index (χ4v) is 1.36. The van der Waals surface area contributed by atoms with Gasteiger partial charge in [0.2, 0.25) is 0 Å².